The van der Waals surface area contributed by atoms with Crippen LogP contribution in [0.1, 0.15) is 0 Å². The third-order valence-corrected chi connectivity index (χ3v) is 9.67. The topological polar surface area (TPSA) is 29.5 Å². The van der Waals surface area contributed by atoms with Crippen molar-refractivity contribution in [1.82, 2.24) is 0 Å². The Balaban J connectivity index is 1.16. The maximum absolute atomic E-state index is 6.49. The molecule has 0 N–H and O–H groups in total. The number of hydrogen-bond donors (Lipinski definition) is 0. The number of furan rings is 2. The van der Waals surface area contributed by atoms with E-state index in [-0.39, 0.29) is 0 Å². The Bertz CT molecular complexity index is 2830. The summed E-state index contributed by atoms with van der Waals surface area (Å²) in [6.07, 6.45) is 0. The van der Waals surface area contributed by atoms with E-state index in [4.69, 9.17) is 8.83 Å². The molecule has 8 aromatic carbocycles. The summed E-state index contributed by atoms with van der Waals surface area (Å²) in [5, 5.41) is 6.67. The fourth-order valence-electron chi connectivity index (χ4n) is 7.32. The molecule has 0 radical (unpaired) electrons. The van der Waals surface area contributed by atoms with Gasteiger partial charge in [-0.05, 0) is 88.3 Å². The zero-order valence-corrected chi connectivity index (χ0v) is 26.5. The lowest BCUT2D eigenvalue weighted by Crippen LogP contribution is -2.09. The molecule has 0 fully saturated rings. The van der Waals surface area contributed by atoms with Crippen molar-refractivity contribution in [2.24, 2.45) is 0 Å². The van der Waals surface area contributed by atoms with Crippen LogP contribution in [0.3, 0.4) is 0 Å². The van der Waals surface area contributed by atoms with E-state index in [1.54, 1.807) is 0 Å². The number of nitrogens with zero attached hydrogens (tertiary/aromatic N) is 1. The maximum atomic E-state index is 6.49. The van der Waals surface area contributed by atoms with Gasteiger partial charge in [0.15, 0.2) is 0 Å². The summed E-state index contributed by atoms with van der Waals surface area (Å²) >= 11 is 0. The van der Waals surface area contributed by atoms with E-state index in [0.29, 0.717) is 0 Å². The van der Waals surface area contributed by atoms with Gasteiger partial charge in [-0.15, -0.1) is 0 Å². The van der Waals surface area contributed by atoms with Crippen molar-refractivity contribution in [1.29, 1.82) is 0 Å². The van der Waals surface area contributed by atoms with Gasteiger partial charge >= 0.3 is 0 Å². The summed E-state index contributed by atoms with van der Waals surface area (Å²) in [7, 11) is 0. The zero-order valence-electron chi connectivity index (χ0n) is 26.5. The van der Waals surface area contributed by atoms with Gasteiger partial charge in [0.2, 0.25) is 0 Å². The van der Waals surface area contributed by atoms with Gasteiger partial charge in [-0.2, -0.15) is 0 Å². The standard InChI is InChI=1S/C46H29NO2/c1-2-10-30(11-3-1)36-12-4-5-13-37(36)31-18-22-33(23-19-31)47(35-25-27-45-42(29-35)39-15-7-8-16-43(39)48-45)34-24-20-32-21-26-40-38-14-6-9-17-44(38)49-46(40)41(32)28-34/h1-29H. The first-order chi connectivity index (χ1) is 24.3. The molecular weight excluding hydrogens is 599 g/mol. The van der Waals surface area contributed by atoms with Crippen molar-refractivity contribution in [3.8, 4) is 22.3 Å². The van der Waals surface area contributed by atoms with Gasteiger partial charge in [-0.1, -0.05) is 115 Å². The van der Waals surface area contributed by atoms with E-state index in [9.17, 15) is 0 Å². The molecule has 2 heterocycles. The van der Waals surface area contributed by atoms with Crippen LogP contribution in [-0.4, -0.2) is 0 Å². The van der Waals surface area contributed by atoms with Crippen molar-refractivity contribution >= 4 is 71.7 Å². The SMILES string of the molecule is c1ccc(-c2ccccc2-c2ccc(N(c3ccc4oc5ccccc5c4c3)c3ccc4ccc5c6ccccc6oc5c4c3)cc2)cc1. The number of rotatable bonds is 5. The van der Waals surface area contributed by atoms with Crippen molar-refractivity contribution in [3.05, 3.63) is 176 Å². The number of fused-ring (bicyclic) bond motifs is 8. The predicted octanol–water partition coefficient (Wildman–Crippen LogP) is 13.4. The minimum Gasteiger partial charge on any atom is -0.456 e. The molecule has 230 valence electrons. The second-order valence-corrected chi connectivity index (χ2v) is 12.5. The summed E-state index contributed by atoms with van der Waals surface area (Å²) < 4.78 is 12.7. The van der Waals surface area contributed by atoms with Crippen molar-refractivity contribution in [2.75, 3.05) is 4.90 Å². The van der Waals surface area contributed by atoms with E-state index in [1.807, 2.05) is 24.3 Å². The summed E-state index contributed by atoms with van der Waals surface area (Å²) in [4.78, 5) is 2.33. The molecule has 10 aromatic rings. The van der Waals surface area contributed by atoms with Crippen LogP contribution in [0.4, 0.5) is 17.1 Å². The highest BCUT2D eigenvalue weighted by molar-refractivity contribution is 6.15. The molecule has 0 saturated carbocycles. The van der Waals surface area contributed by atoms with Gasteiger partial charge in [0.25, 0.3) is 0 Å². The summed E-state index contributed by atoms with van der Waals surface area (Å²) in [5.74, 6) is 0. The fourth-order valence-corrected chi connectivity index (χ4v) is 7.32. The van der Waals surface area contributed by atoms with Gasteiger partial charge in [0.05, 0.1) is 0 Å². The summed E-state index contributed by atoms with van der Waals surface area (Å²) in [6, 6.07) is 62.1. The average Bonchev–Trinajstić information content (AvgIpc) is 3.74. The largest absolute Gasteiger partial charge is 0.456 e. The minimum absolute atomic E-state index is 0.875. The van der Waals surface area contributed by atoms with Crippen LogP contribution in [-0.2, 0) is 0 Å². The van der Waals surface area contributed by atoms with Crippen LogP contribution in [0, 0.1) is 0 Å². The lowest BCUT2D eigenvalue weighted by atomic mass is 9.94. The first-order valence-corrected chi connectivity index (χ1v) is 16.6. The van der Waals surface area contributed by atoms with E-state index in [0.717, 1.165) is 71.7 Å². The van der Waals surface area contributed by atoms with Crippen LogP contribution in [0.25, 0.3) is 76.9 Å². The van der Waals surface area contributed by atoms with E-state index in [1.165, 1.54) is 22.3 Å². The smallest absolute Gasteiger partial charge is 0.143 e. The molecule has 3 nitrogen and oxygen atoms in total. The molecule has 0 amide bonds. The molecule has 10 rings (SSSR count). The maximum Gasteiger partial charge on any atom is 0.143 e. The predicted molar refractivity (Wildman–Crippen MR) is 204 cm³/mol. The average molecular weight is 628 g/mol. The third-order valence-electron chi connectivity index (χ3n) is 9.67. The van der Waals surface area contributed by atoms with Crippen LogP contribution in [0.15, 0.2) is 185 Å². The molecule has 0 bridgehead atoms. The molecule has 0 unspecified atom stereocenters. The van der Waals surface area contributed by atoms with Crippen molar-refractivity contribution in [3.63, 3.8) is 0 Å². The van der Waals surface area contributed by atoms with Crippen LogP contribution in [0.5, 0.6) is 0 Å². The van der Waals surface area contributed by atoms with Crippen LogP contribution < -0.4 is 4.90 Å². The molecule has 0 aliphatic heterocycles. The van der Waals surface area contributed by atoms with Gasteiger partial charge < -0.3 is 13.7 Å². The molecule has 0 aliphatic rings. The van der Waals surface area contributed by atoms with Gasteiger partial charge in [0.1, 0.15) is 22.3 Å². The lowest BCUT2D eigenvalue weighted by molar-refractivity contribution is 0.669. The molecule has 0 atom stereocenters. The Morgan fingerprint density at radius 1 is 0.327 bits per heavy atom. The highest BCUT2D eigenvalue weighted by Crippen LogP contribution is 2.42. The first kappa shape index (κ1) is 27.5. The van der Waals surface area contributed by atoms with Crippen LogP contribution in [0.2, 0.25) is 0 Å². The van der Waals surface area contributed by atoms with Crippen molar-refractivity contribution in [2.45, 2.75) is 0 Å². The van der Waals surface area contributed by atoms with Crippen LogP contribution >= 0.6 is 0 Å². The second kappa shape index (κ2) is 11.0. The Morgan fingerprint density at radius 3 is 1.61 bits per heavy atom. The lowest BCUT2D eigenvalue weighted by Gasteiger charge is -2.26. The normalized spacial score (nSPS) is 11.7. The summed E-state index contributed by atoms with van der Waals surface area (Å²) in [6.45, 7) is 0. The number of para-hydroxylation sites is 2. The number of hydrogen-bond acceptors (Lipinski definition) is 3. The molecule has 0 saturated heterocycles. The highest BCUT2D eigenvalue weighted by Gasteiger charge is 2.18. The summed E-state index contributed by atoms with van der Waals surface area (Å²) in [5.41, 5.74) is 11.5. The van der Waals surface area contributed by atoms with Gasteiger partial charge in [-0.25, -0.2) is 0 Å². The molecule has 0 aliphatic carbocycles. The molecular formula is C46H29NO2. The fraction of sp³-hybridized carbons (Fsp3) is 0. The Kier molecular flexibility index (Phi) is 6.18. The van der Waals surface area contributed by atoms with E-state index >= 15 is 0 Å². The molecule has 2 aromatic heterocycles. The molecule has 49 heavy (non-hydrogen) atoms. The molecule has 0 spiro atoms. The Hall–Kier alpha value is -6.58. The van der Waals surface area contributed by atoms with Gasteiger partial charge in [-0.3, -0.25) is 0 Å². The van der Waals surface area contributed by atoms with E-state index < -0.39 is 0 Å². The quantitative estimate of drug-likeness (QED) is 0.190. The van der Waals surface area contributed by atoms with E-state index in [2.05, 4.69) is 157 Å². The number of benzene rings is 8. The molecule has 3 heteroatoms. The third kappa shape index (κ3) is 4.51. The first-order valence-electron chi connectivity index (χ1n) is 16.6. The number of anilines is 3. The highest BCUT2D eigenvalue weighted by atomic mass is 16.3. The Labute approximate surface area is 282 Å². The van der Waals surface area contributed by atoms with Gasteiger partial charge in [0, 0.05) is 44.0 Å². The monoisotopic (exact) mass is 627 g/mol. The van der Waals surface area contributed by atoms with Crippen molar-refractivity contribution < 1.29 is 8.83 Å². The second-order valence-electron chi connectivity index (χ2n) is 12.5. The minimum atomic E-state index is 0.875. The Morgan fingerprint density at radius 2 is 0.857 bits per heavy atom. The zero-order chi connectivity index (χ0) is 32.3.